The minimum absolute atomic E-state index is 0.0188. The Bertz CT molecular complexity index is 400. The SMILES string of the molecule is COC(=O)CC(O)CN(C)c1ccc(C(C)C)cc1. The summed E-state index contributed by atoms with van der Waals surface area (Å²) in [7, 11) is 3.22. The van der Waals surface area contributed by atoms with Crippen molar-refractivity contribution in [3.63, 3.8) is 0 Å². The lowest BCUT2D eigenvalue weighted by atomic mass is 10.0. The van der Waals surface area contributed by atoms with E-state index in [2.05, 4.69) is 30.7 Å². The van der Waals surface area contributed by atoms with Crippen molar-refractivity contribution in [3.05, 3.63) is 29.8 Å². The minimum Gasteiger partial charge on any atom is -0.469 e. The lowest BCUT2D eigenvalue weighted by molar-refractivity contribution is -0.142. The predicted molar refractivity (Wildman–Crippen MR) is 76.4 cm³/mol. The van der Waals surface area contributed by atoms with Crippen molar-refractivity contribution in [1.29, 1.82) is 0 Å². The maximum Gasteiger partial charge on any atom is 0.308 e. The van der Waals surface area contributed by atoms with E-state index in [0.29, 0.717) is 12.5 Å². The Morgan fingerprint density at radius 1 is 1.32 bits per heavy atom. The van der Waals surface area contributed by atoms with Crippen LogP contribution in [0.5, 0.6) is 0 Å². The van der Waals surface area contributed by atoms with Crippen molar-refractivity contribution in [2.24, 2.45) is 0 Å². The van der Waals surface area contributed by atoms with Crippen LogP contribution in [0.25, 0.3) is 0 Å². The highest BCUT2D eigenvalue weighted by Gasteiger charge is 2.13. The summed E-state index contributed by atoms with van der Waals surface area (Å²) in [6.07, 6.45) is -0.701. The van der Waals surface area contributed by atoms with Crippen LogP contribution in [-0.2, 0) is 9.53 Å². The van der Waals surface area contributed by atoms with E-state index in [1.807, 2.05) is 24.1 Å². The normalized spacial score (nSPS) is 12.3. The first kappa shape index (κ1) is 15.5. The minimum atomic E-state index is -0.720. The Morgan fingerprint density at radius 2 is 1.89 bits per heavy atom. The number of methoxy groups -OCH3 is 1. The van der Waals surface area contributed by atoms with Crippen molar-refractivity contribution < 1.29 is 14.6 Å². The fourth-order valence-electron chi connectivity index (χ4n) is 1.88. The number of carbonyl (C=O) groups is 1. The fourth-order valence-corrected chi connectivity index (χ4v) is 1.88. The van der Waals surface area contributed by atoms with Gasteiger partial charge in [0.1, 0.15) is 0 Å². The predicted octanol–water partition coefficient (Wildman–Crippen LogP) is 2.17. The van der Waals surface area contributed by atoms with Gasteiger partial charge in [-0.25, -0.2) is 0 Å². The van der Waals surface area contributed by atoms with Crippen molar-refractivity contribution in [2.45, 2.75) is 32.3 Å². The molecule has 4 nitrogen and oxygen atoms in total. The van der Waals surface area contributed by atoms with Gasteiger partial charge in [-0.05, 0) is 23.6 Å². The van der Waals surface area contributed by atoms with Crippen LogP contribution in [0.15, 0.2) is 24.3 Å². The molecule has 0 aliphatic rings. The molecular weight excluding hydrogens is 242 g/mol. The first-order chi connectivity index (χ1) is 8.93. The smallest absolute Gasteiger partial charge is 0.308 e. The number of aliphatic hydroxyl groups is 1. The summed E-state index contributed by atoms with van der Waals surface area (Å²) in [5, 5.41) is 9.78. The standard InChI is InChI=1S/C15H23NO3/c1-11(2)12-5-7-13(8-6-12)16(3)10-14(17)9-15(18)19-4/h5-8,11,14,17H,9-10H2,1-4H3. The van der Waals surface area contributed by atoms with E-state index >= 15 is 0 Å². The molecule has 0 aliphatic heterocycles. The lowest BCUT2D eigenvalue weighted by Crippen LogP contribution is -2.30. The number of ether oxygens (including phenoxy) is 1. The third-order valence-electron chi connectivity index (χ3n) is 3.12. The first-order valence-electron chi connectivity index (χ1n) is 6.50. The second-order valence-corrected chi connectivity index (χ2v) is 5.06. The number of nitrogens with zero attached hydrogens (tertiary/aromatic N) is 1. The van der Waals surface area contributed by atoms with Gasteiger partial charge in [-0.1, -0.05) is 26.0 Å². The van der Waals surface area contributed by atoms with E-state index in [-0.39, 0.29) is 6.42 Å². The molecule has 1 aromatic rings. The summed E-state index contributed by atoms with van der Waals surface area (Å²) in [6.45, 7) is 4.70. The molecule has 1 aromatic carbocycles. The van der Waals surface area contributed by atoms with Crippen molar-refractivity contribution in [1.82, 2.24) is 0 Å². The number of benzene rings is 1. The molecule has 0 radical (unpaired) electrons. The zero-order chi connectivity index (χ0) is 14.4. The van der Waals surface area contributed by atoms with Gasteiger partial charge in [0.05, 0.1) is 19.6 Å². The Kier molecular flexibility index (Phi) is 5.83. The molecule has 0 fully saturated rings. The van der Waals surface area contributed by atoms with E-state index in [1.54, 1.807) is 0 Å². The average Bonchev–Trinajstić information content (AvgIpc) is 2.38. The second kappa shape index (κ2) is 7.14. The molecule has 0 amide bonds. The van der Waals surface area contributed by atoms with Crippen LogP contribution in [-0.4, -0.2) is 37.9 Å². The van der Waals surface area contributed by atoms with E-state index in [0.717, 1.165) is 5.69 Å². The molecular formula is C15H23NO3. The largest absolute Gasteiger partial charge is 0.469 e. The fraction of sp³-hybridized carbons (Fsp3) is 0.533. The van der Waals surface area contributed by atoms with Gasteiger partial charge >= 0.3 is 5.97 Å². The van der Waals surface area contributed by atoms with E-state index in [1.165, 1.54) is 12.7 Å². The number of anilines is 1. The van der Waals surface area contributed by atoms with Gasteiger partial charge in [0.2, 0.25) is 0 Å². The zero-order valence-corrected chi connectivity index (χ0v) is 12.1. The number of carbonyl (C=O) groups excluding carboxylic acids is 1. The van der Waals surface area contributed by atoms with Gasteiger partial charge in [0.25, 0.3) is 0 Å². The molecule has 0 aliphatic carbocycles. The number of hydrogen-bond acceptors (Lipinski definition) is 4. The van der Waals surface area contributed by atoms with Crippen LogP contribution >= 0.6 is 0 Å². The molecule has 106 valence electrons. The van der Waals surface area contributed by atoms with E-state index in [4.69, 9.17) is 0 Å². The van der Waals surface area contributed by atoms with Crippen LogP contribution in [0.2, 0.25) is 0 Å². The zero-order valence-electron chi connectivity index (χ0n) is 12.1. The van der Waals surface area contributed by atoms with Gasteiger partial charge in [0, 0.05) is 19.3 Å². The van der Waals surface area contributed by atoms with Gasteiger partial charge < -0.3 is 14.7 Å². The quantitative estimate of drug-likeness (QED) is 0.801. The highest BCUT2D eigenvalue weighted by molar-refractivity contribution is 5.69. The molecule has 0 aromatic heterocycles. The summed E-state index contributed by atoms with van der Waals surface area (Å²) in [6, 6.07) is 8.23. The first-order valence-corrected chi connectivity index (χ1v) is 6.50. The average molecular weight is 265 g/mol. The highest BCUT2D eigenvalue weighted by Crippen LogP contribution is 2.19. The van der Waals surface area contributed by atoms with Crippen LogP contribution in [0.3, 0.4) is 0 Å². The number of esters is 1. The number of hydrogen-bond donors (Lipinski definition) is 1. The maximum absolute atomic E-state index is 11.1. The third-order valence-corrected chi connectivity index (χ3v) is 3.12. The summed E-state index contributed by atoms with van der Waals surface area (Å²) >= 11 is 0. The molecule has 1 N–H and O–H groups in total. The van der Waals surface area contributed by atoms with Crippen LogP contribution in [0.4, 0.5) is 5.69 Å². The lowest BCUT2D eigenvalue weighted by Gasteiger charge is -2.22. The molecule has 0 saturated heterocycles. The second-order valence-electron chi connectivity index (χ2n) is 5.06. The molecule has 0 heterocycles. The number of likely N-dealkylation sites (N-methyl/N-ethyl adjacent to an activating group) is 1. The summed E-state index contributed by atoms with van der Waals surface area (Å²) < 4.78 is 4.53. The molecule has 1 rings (SSSR count). The molecule has 0 bridgehead atoms. The van der Waals surface area contributed by atoms with E-state index < -0.39 is 12.1 Å². The topological polar surface area (TPSA) is 49.8 Å². The van der Waals surface area contributed by atoms with Crippen LogP contribution < -0.4 is 4.90 Å². The molecule has 0 spiro atoms. The third kappa shape index (κ3) is 4.91. The Labute approximate surface area is 115 Å². The van der Waals surface area contributed by atoms with Crippen LogP contribution in [0, 0.1) is 0 Å². The van der Waals surface area contributed by atoms with Crippen molar-refractivity contribution >= 4 is 11.7 Å². The summed E-state index contributed by atoms with van der Waals surface area (Å²) in [4.78, 5) is 13.0. The Hall–Kier alpha value is -1.55. The van der Waals surface area contributed by atoms with Gasteiger partial charge in [-0.3, -0.25) is 4.79 Å². The van der Waals surface area contributed by atoms with E-state index in [9.17, 15) is 9.90 Å². The number of rotatable bonds is 6. The maximum atomic E-state index is 11.1. The van der Waals surface area contributed by atoms with Crippen molar-refractivity contribution in [3.8, 4) is 0 Å². The molecule has 1 atom stereocenters. The molecule has 4 heteroatoms. The highest BCUT2D eigenvalue weighted by atomic mass is 16.5. The molecule has 0 saturated carbocycles. The Balaban J connectivity index is 2.57. The molecule has 19 heavy (non-hydrogen) atoms. The van der Waals surface area contributed by atoms with Gasteiger partial charge in [-0.2, -0.15) is 0 Å². The monoisotopic (exact) mass is 265 g/mol. The van der Waals surface area contributed by atoms with Gasteiger partial charge in [0.15, 0.2) is 0 Å². The Morgan fingerprint density at radius 3 is 2.37 bits per heavy atom. The number of aliphatic hydroxyl groups excluding tert-OH is 1. The van der Waals surface area contributed by atoms with Gasteiger partial charge in [-0.15, -0.1) is 0 Å². The summed E-state index contributed by atoms with van der Waals surface area (Å²) in [5.74, 6) is 0.111. The summed E-state index contributed by atoms with van der Waals surface area (Å²) in [5.41, 5.74) is 2.31. The van der Waals surface area contributed by atoms with Crippen molar-refractivity contribution in [2.75, 3.05) is 25.6 Å². The van der Waals surface area contributed by atoms with Crippen LogP contribution in [0.1, 0.15) is 31.7 Å². The molecule has 1 unspecified atom stereocenters.